The minimum Gasteiger partial charge on any atom is -0.310 e. The number of amides is 1. The lowest BCUT2D eigenvalue weighted by Gasteiger charge is -2.37. The number of hydrogen-bond donors (Lipinski definition) is 0. The zero-order valence-corrected chi connectivity index (χ0v) is 12.4. The predicted octanol–water partition coefficient (Wildman–Crippen LogP) is 1.21. The smallest absolute Gasteiger partial charge is 0.244 e. The molecule has 0 radical (unpaired) electrons. The number of nitrogens with zero attached hydrogens (tertiary/aromatic N) is 3. The third kappa shape index (κ3) is 2.45. The molecule has 1 unspecified atom stereocenters. The molecule has 4 nitrogen and oxygen atoms in total. The van der Waals surface area contributed by atoms with Gasteiger partial charge < -0.3 is 9.80 Å². The summed E-state index contributed by atoms with van der Waals surface area (Å²) in [4.78, 5) is 19.4. The number of anilines is 1. The van der Waals surface area contributed by atoms with Crippen LogP contribution < -0.4 is 4.90 Å². The van der Waals surface area contributed by atoms with E-state index < -0.39 is 0 Å². The fourth-order valence-electron chi connectivity index (χ4n) is 3.16. The first kappa shape index (κ1) is 13.6. The number of rotatable bonds is 2. The van der Waals surface area contributed by atoms with Crippen molar-refractivity contribution in [3.8, 4) is 0 Å². The summed E-state index contributed by atoms with van der Waals surface area (Å²) in [5.74, 6) is 0.250. The van der Waals surface area contributed by atoms with Crippen molar-refractivity contribution in [2.24, 2.45) is 0 Å². The minimum absolute atomic E-state index is 0.0187. The summed E-state index contributed by atoms with van der Waals surface area (Å²) in [5.41, 5.74) is 2.41. The van der Waals surface area contributed by atoms with Crippen molar-refractivity contribution in [2.75, 3.05) is 44.7 Å². The molecule has 0 aromatic heterocycles. The van der Waals surface area contributed by atoms with Crippen LogP contribution >= 0.6 is 0 Å². The van der Waals surface area contributed by atoms with Gasteiger partial charge in [-0.05, 0) is 32.0 Å². The minimum atomic E-state index is -0.0187. The van der Waals surface area contributed by atoms with Gasteiger partial charge in [0, 0.05) is 38.4 Å². The van der Waals surface area contributed by atoms with Gasteiger partial charge in [0.15, 0.2) is 0 Å². The molecule has 1 aromatic carbocycles. The van der Waals surface area contributed by atoms with Gasteiger partial charge in [-0.3, -0.25) is 9.69 Å². The molecule has 1 aromatic rings. The molecular formula is C16H23N3O. The molecule has 0 bridgehead atoms. The lowest BCUT2D eigenvalue weighted by Crippen LogP contribution is -2.53. The molecule has 0 saturated carbocycles. The molecule has 108 valence electrons. The van der Waals surface area contributed by atoms with Gasteiger partial charge in [-0.25, -0.2) is 0 Å². The largest absolute Gasteiger partial charge is 0.310 e. The molecule has 4 heteroatoms. The van der Waals surface area contributed by atoms with Crippen LogP contribution in [0.15, 0.2) is 24.3 Å². The first-order chi connectivity index (χ1) is 9.66. The van der Waals surface area contributed by atoms with Crippen molar-refractivity contribution in [1.82, 2.24) is 9.80 Å². The monoisotopic (exact) mass is 273 g/mol. The maximum atomic E-state index is 12.8. The van der Waals surface area contributed by atoms with E-state index in [0.29, 0.717) is 0 Å². The number of hydrogen-bond acceptors (Lipinski definition) is 3. The molecule has 20 heavy (non-hydrogen) atoms. The van der Waals surface area contributed by atoms with E-state index in [9.17, 15) is 4.79 Å². The Hall–Kier alpha value is -1.39. The Morgan fingerprint density at radius 1 is 1.10 bits per heavy atom. The first-order valence-corrected chi connectivity index (χ1v) is 7.48. The summed E-state index contributed by atoms with van der Waals surface area (Å²) in [5, 5.41) is 0. The van der Waals surface area contributed by atoms with Crippen LogP contribution in [-0.2, 0) is 11.2 Å². The van der Waals surface area contributed by atoms with Crippen LogP contribution in [0.25, 0.3) is 0 Å². The van der Waals surface area contributed by atoms with E-state index in [-0.39, 0.29) is 11.9 Å². The number of para-hydroxylation sites is 1. The van der Waals surface area contributed by atoms with E-state index >= 15 is 0 Å². The maximum absolute atomic E-state index is 12.8. The van der Waals surface area contributed by atoms with E-state index in [1.54, 1.807) is 0 Å². The Morgan fingerprint density at radius 3 is 2.55 bits per heavy atom. The second-order valence-electron chi connectivity index (χ2n) is 5.88. The second kappa shape index (κ2) is 5.54. The topological polar surface area (TPSA) is 26.8 Å². The van der Waals surface area contributed by atoms with Crippen molar-refractivity contribution < 1.29 is 4.79 Å². The van der Waals surface area contributed by atoms with Gasteiger partial charge in [0.2, 0.25) is 5.91 Å². The highest BCUT2D eigenvalue weighted by molar-refractivity contribution is 5.98. The quantitative estimate of drug-likeness (QED) is 0.810. The SMILES string of the molecule is CC(C(=O)N1CCc2ccccc21)N1CCN(C)CC1. The fourth-order valence-corrected chi connectivity index (χ4v) is 3.16. The lowest BCUT2D eigenvalue weighted by molar-refractivity contribution is -0.123. The highest BCUT2D eigenvalue weighted by Crippen LogP contribution is 2.28. The average molecular weight is 273 g/mol. The number of carbonyl (C=O) groups is 1. The molecule has 1 atom stereocenters. The summed E-state index contributed by atoms with van der Waals surface area (Å²) >= 11 is 0. The standard InChI is InChI=1S/C16H23N3O/c1-13(18-11-9-17(2)10-12-18)16(20)19-8-7-14-5-3-4-6-15(14)19/h3-6,13H,7-12H2,1-2H3. The third-order valence-corrected chi connectivity index (χ3v) is 4.60. The molecule has 2 heterocycles. The summed E-state index contributed by atoms with van der Waals surface area (Å²) in [6, 6.07) is 8.25. The molecule has 0 spiro atoms. The number of carbonyl (C=O) groups excluding carboxylic acids is 1. The van der Waals surface area contributed by atoms with E-state index in [4.69, 9.17) is 0 Å². The Kier molecular flexibility index (Phi) is 3.76. The van der Waals surface area contributed by atoms with Gasteiger partial charge in [0.1, 0.15) is 0 Å². The Balaban J connectivity index is 1.70. The van der Waals surface area contributed by atoms with Crippen molar-refractivity contribution >= 4 is 11.6 Å². The van der Waals surface area contributed by atoms with Gasteiger partial charge >= 0.3 is 0 Å². The Labute approximate surface area is 121 Å². The van der Waals surface area contributed by atoms with Crippen molar-refractivity contribution in [1.29, 1.82) is 0 Å². The highest BCUT2D eigenvalue weighted by Gasteiger charge is 2.31. The molecule has 2 aliphatic heterocycles. The van der Waals surface area contributed by atoms with Crippen LogP contribution in [0.4, 0.5) is 5.69 Å². The molecule has 0 aliphatic carbocycles. The summed E-state index contributed by atoms with van der Waals surface area (Å²) in [7, 11) is 2.14. The summed E-state index contributed by atoms with van der Waals surface area (Å²) < 4.78 is 0. The van der Waals surface area contributed by atoms with Crippen molar-refractivity contribution in [2.45, 2.75) is 19.4 Å². The highest BCUT2D eigenvalue weighted by atomic mass is 16.2. The molecule has 1 fully saturated rings. The molecule has 1 saturated heterocycles. The number of benzene rings is 1. The van der Waals surface area contributed by atoms with Crippen LogP contribution in [0.5, 0.6) is 0 Å². The van der Waals surface area contributed by atoms with Crippen LogP contribution in [0.2, 0.25) is 0 Å². The summed E-state index contributed by atoms with van der Waals surface area (Å²) in [6.07, 6.45) is 0.984. The van der Waals surface area contributed by atoms with E-state index in [0.717, 1.165) is 44.8 Å². The number of piperazine rings is 1. The fraction of sp³-hybridized carbons (Fsp3) is 0.562. The van der Waals surface area contributed by atoms with Crippen LogP contribution in [-0.4, -0.2) is 61.5 Å². The zero-order valence-electron chi connectivity index (χ0n) is 12.4. The number of fused-ring (bicyclic) bond motifs is 1. The average Bonchev–Trinajstić information content (AvgIpc) is 2.90. The van der Waals surface area contributed by atoms with Crippen molar-refractivity contribution in [3.05, 3.63) is 29.8 Å². The third-order valence-electron chi connectivity index (χ3n) is 4.60. The molecule has 0 N–H and O–H groups in total. The molecule has 1 amide bonds. The zero-order chi connectivity index (χ0) is 14.1. The van der Waals surface area contributed by atoms with Gasteiger partial charge in [-0.1, -0.05) is 18.2 Å². The normalized spacial score (nSPS) is 21.8. The molecule has 3 rings (SSSR count). The van der Waals surface area contributed by atoms with Crippen LogP contribution in [0.1, 0.15) is 12.5 Å². The van der Waals surface area contributed by atoms with Crippen LogP contribution in [0, 0.1) is 0 Å². The van der Waals surface area contributed by atoms with Gasteiger partial charge in [-0.2, -0.15) is 0 Å². The van der Waals surface area contributed by atoms with E-state index in [2.05, 4.69) is 42.0 Å². The molecule has 2 aliphatic rings. The van der Waals surface area contributed by atoms with Gasteiger partial charge in [-0.15, -0.1) is 0 Å². The summed E-state index contributed by atoms with van der Waals surface area (Å²) in [6.45, 7) is 6.95. The molecular weight excluding hydrogens is 250 g/mol. The van der Waals surface area contributed by atoms with E-state index in [1.165, 1.54) is 5.56 Å². The van der Waals surface area contributed by atoms with E-state index in [1.807, 2.05) is 11.0 Å². The predicted molar refractivity (Wildman–Crippen MR) is 81.0 cm³/mol. The lowest BCUT2D eigenvalue weighted by atomic mass is 10.1. The Morgan fingerprint density at radius 2 is 1.80 bits per heavy atom. The van der Waals surface area contributed by atoms with Crippen molar-refractivity contribution in [3.63, 3.8) is 0 Å². The van der Waals surface area contributed by atoms with Gasteiger partial charge in [0.05, 0.1) is 6.04 Å². The van der Waals surface area contributed by atoms with Crippen LogP contribution in [0.3, 0.4) is 0 Å². The maximum Gasteiger partial charge on any atom is 0.244 e. The number of likely N-dealkylation sites (N-methyl/N-ethyl adjacent to an activating group) is 1. The second-order valence-corrected chi connectivity index (χ2v) is 5.88. The van der Waals surface area contributed by atoms with Gasteiger partial charge in [0.25, 0.3) is 0 Å². The first-order valence-electron chi connectivity index (χ1n) is 7.48. The Bertz CT molecular complexity index is 494.